The Bertz CT molecular complexity index is 232. The van der Waals surface area contributed by atoms with Gasteiger partial charge in [0.25, 0.3) is 0 Å². The Hall–Kier alpha value is -0.120. The van der Waals surface area contributed by atoms with Crippen molar-refractivity contribution in [2.75, 3.05) is 26.2 Å². The van der Waals surface area contributed by atoms with Gasteiger partial charge >= 0.3 is 0 Å². The third-order valence-electron chi connectivity index (χ3n) is 3.98. The SMILES string of the molecule is CC(C)NC(C)(CO)CN1CCC(C)C(C)C1. The van der Waals surface area contributed by atoms with E-state index in [0.717, 1.165) is 24.9 Å². The summed E-state index contributed by atoms with van der Waals surface area (Å²) in [5.41, 5.74) is -0.172. The molecule has 1 heterocycles. The number of aliphatic hydroxyl groups is 1. The molecule has 0 saturated carbocycles. The fourth-order valence-corrected chi connectivity index (χ4v) is 2.82. The van der Waals surface area contributed by atoms with Gasteiger partial charge in [0, 0.05) is 19.1 Å². The fraction of sp³-hybridized carbons (Fsp3) is 1.00. The van der Waals surface area contributed by atoms with E-state index >= 15 is 0 Å². The Balaban J connectivity index is 2.51. The van der Waals surface area contributed by atoms with Crippen LogP contribution >= 0.6 is 0 Å². The van der Waals surface area contributed by atoms with E-state index in [1.54, 1.807) is 0 Å². The first-order valence-electron chi connectivity index (χ1n) is 6.97. The van der Waals surface area contributed by atoms with Crippen LogP contribution in [0.5, 0.6) is 0 Å². The molecule has 0 aliphatic carbocycles. The average molecular weight is 242 g/mol. The number of hydrogen-bond acceptors (Lipinski definition) is 3. The second kappa shape index (κ2) is 6.17. The molecule has 0 amide bonds. The third-order valence-corrected chi connectivity index (χ3v) is 3.98. The van der Waals surface area contributed by atoms with E-state index < -0.39 is 0 Å². The number of likely N-dealkylation sites (tertiary alicyclic amines) is 1. The lowest BCUT2D eigenvalue weighted by Gasteiger charge is -2.41. The Morgan fingerprint density at radius 3 is 2.47 bits per heavy atom. The lowest BCUT2D eigenvalue weighted by atomic mass is 9.87. The zero-order chi connectivity index (χ0) is 13.1. The monoisotopic (exact) mass is 242 g/mol. The molecule has 0 aromatic carbocycles. The molecule has 17 heavy (non-hydrogen) atoms. The number of nitrogens with one attached hydrogen (secondary N) is 1. The first-order valence-corrected chi connectivity index (χ1v) is 6.97. The molecule has 0 radical (unpaired) electrons. The highest BCUT2D eigenvalue weighted by molar-refractivity contribution is 4.89. The van der Waals surface area contributed by atoms with Gasteiger partial charge in [-0.2, -0.15) is 0 Å². The van der Waals surface area contributed by atoms with E-state index in [0.29, 0.717) is 6.04 Å². The molecule has 0 aromatic heterocycles. The molecule has 3 unspecified atom stereocenters. The highest BCUT2D eigenvalue weighted by atomic mass is 16.3. The molecule has 1 aliphatic rings. The summed E-state index contributed by atoms with van der Waals surface area (Å²) in [5, 5.41) is 13.1. The maximum Gasteiger partial charge on any atom is 0.0623 e. The minimum Gasteiger partial charge on any atom is -0.394 e. The van der Waals surface area contributed by atoms with Crippen molar-refractivity contribution < 1.29 is 5.11 Å². The second-order valence-electron chi connectivity index (χ2n) is 6.50. The maximum absolute atomic E-state index is 9.59. The van der Waals surface area contributed by atoms with Crippen molar-refractivity contribution in [3.05, 3.63) is 0 Å². The number of hydrogen-bond donors (Lipinski definition) is 2. The van der Waals surface area contributed by atoms with Crippen LogP contribution in [0.1, 0.15) is 41.0 Å². The molecule has 1 aliphatic heterocycles. The lowest BCUT2D eigenvalue weighted by molar-refractivity contribution is 0.0729. The normalized spacial score (nSPS) is 30.5. The zero-order valence-electron chi connectivity index (χ0n) is 12.2. The summed E-state index contributed by atoms with van der Waals surface area (Å²) < 4.78 is 0. The van der Waals surface area contributed by atoms with Crippen LogP contribution in [0.25, 0.3) is 0 Å². The van der Waals surface area contributed by atoms with Crippen molar-refractivity contribution in [3.8, 4) is 0 Å². The van der Waals surface area contributed by atoms with Crippen molar-refractivity contribution in [2.45, 2.75) is 52.6 Å². The molecule has 3 atom stereocenters. The van der Waals surface area contributed by atoms with Gasteiger partial charge in [0.2, 0.25) is 0 Å². The number of aliphatic hydroxyl groups excluding tert-OH is 1. The Morgan fingerprint density at radius 2 is 2.00 bits per heavy atom. The number of rotatable bonds is 5. The summed E-state index contributed by atoms with van der Waals surface area (Å²) in [7, 11) is 0. The number of nitrogens with zero attached hydrogens (tertiary/aromatic N) is 1. The summed E-state index contributed by atoms with van der Waals surface area (Å²) in [6.45, 7) is 14.5. The summed E-state index contributed by atoms with van der Waals surface area (Å²) >= 11 is 0. The highest BCUT2D eigenvalue weighted by Crippen LogP contribution is 2.23. The molecule has 102 valence electrons. The van der Waals surface area contributed by atoms with Gasteiger partial charge in [-0.1, -0.05) is 27.7 Å². The summed E-state index contributed by atoms with van der Waals surface area (Å²) in [4.78, 5) is 2.50. The summed E-state index contributed by atoms with van der Waals surface area (Å²) in [6, 6.07) is 0.410. The predicted molar refractivity (Wildman–Crippen MR) is 73.1 cm³/mol. The molecule has 1 saturated heterocycles. The number of piperidine rings is 1. The van der Waals surface area contributed by atoms with Gasteiger partial charge in [-0.3, -0.25) is 0 Å². The average Bonchev–Trinajstić information content (AvgIpc) is 2.22. The largest absolute Gasteiger partial charge is 0.394 e. The molecule has 2 N–H and O–H groups in total. The Morgan fingerprint density at radius 1 is 1.35 bits per heavy atom. The highest BCUT2D eigenvalue weighted by Gasteiger charge is 2.30. The van der Waals surface area contributed by atoms with E-state index in [9.17, 15) is 5.11 Å². The predicted octanol–water partition coefficient (Wildman–Crippen LogP) is 1.71. The smallest absolute Gasteiger partial charge is 0.0623 e. The molecule has 0 bridgehead atoms. The molecule has 1 fully saturated rings. The second-order valence-corrected chi connectivity index (χ2v) is 6.50. The van der Waals surface area contributed by atoms with Crippen LogP contribution in [-0.4, -0.2) is 47.8 Å². The fourth-order valence-electron chi connectivity index (χ4n) is 2.82. The van der Waals surface area contributed by atoms with Crippen molar-refractivity contribution in [1.29, 1.82) is 0 Å². The van der Waals surface area contributed by atoms with Gasteiger partial charge < -0.3 is 15.3 Å². The Kier molecular flexibility index (Phi) is 5.42. The molecular weight excluding hydrogens is 212 g/mol. The quantitative estimate of drug-likeness (QED) is 0.770. The molecule has 0 spiro atoms. The maximum atomic E-state index is 9.59. The van der Waals surface area contributed by atoms with E-state index in [4.69, 9.17) is 0 Å². The summed E-state index contributed by atoms with van der Waals surface area (Å²) in [5.74, 6) is 1.61. The molecule has 3 heteroatoms. The topological polar surface area (TPSA) is 35.5 Å². The molecular formula is C14H30N2O. The van der Waals surface area contributed by atoms with Crippen LogP contribution in [0.4, 0.5) is 0 Å². The molecule has 1 rings (SSSR count). The van der Waals surface area contributed by atoms with Crippen LogP contribution in [0.3, 0.4) is 0 Å². The van der Waals surface area contributed by atoms with E-state index in [1.807, 2.05) is 0 Å². The van der Waals surface area contributed by atoms with Gasteiger partial charge in [0.15, 0.2) is 0 Å². The van der Waals surface area contributed by atoms with Crippen LogP contribution in [0, 0.1) is 11.8 Å². The van der Waals surface area contributed by atoms with E-state index in [-0.39, 0.29) is 12.1 Å². The molecule has 3 nitrogen and oxygen atoms in total. The summed E-state index contributed by atoms with van der Waals surface area (Å²) in [6.07, 6.45) is 1.28. The lowest BCUT2D eigenvalue weighted by Crippen LogP contribution is -2.57. The molecule has 0 aromatic rings. The van der Waals surface area contributed by atoms with Crippen LogP contribution < -0.4 is 5.32 Å². The first kappa shape index (κ1) is 14.9. The van der Waals surface area contributed by atoms with Crippen molar-refractivity contribution in [1.82, 2.24) is 10.2 Å². The van der Waals surface area contributed by atoms with Crippen LogP contribution in [0.2, 0.25) is 0 Å². The van der Waals surface area contributed by atoms with Gasteiger partial charge in [0.05, 0.1) is 12.1 Å². The third kappa shape index (κ3) is 4.57. The van der Waals surface area contributed by atoms with Crippen molar-refractivity contribution in [2.24, 2.45) is 11.8 Å². The van der Waals surface area contributed by atoms with Gasteiger partial charge in [0.1, 0.15) is 0 Å². The first-order chi connectivity index (χ1) is 7.86. The zero-order valence-corrected chi connectivity index (χ0v) is 12.2. The van der Waals surface area contributed by atoms with Gasteiger partial charge in [-0.15, -0.1) is 0 Å². The minimum absolute atomic E-state index is 0.172. The van der Waals surface area contributed by atoms with E-state index in [1.165, 1.54) is 13.0 Å². The Labute approximate surface area is 107 Å². The van der Waals surface area contributed by atoms with Crippen molar-refractivity contribution >= 4 is 0 Å². The standard InChI is InChI=1S/C14H30N2O/c1-11(2)15-14(5,10-17)9-16-7-6-12(3)13(4)8-16/h11-13,15,17H,6-10H2,1-5H3. The van der Waals surface area contributed by atoms with Crippen LogP contribution in [-0.2, 0) is 0 Å². The van der Waals surface area contributed by atoms with Crippen LogP contribution in [0.15, 0.2) is 0 Å². The van der Waals surface area contributed by atoms with Gasteiger partial charge in [-0.25, -0.2) is 0 Å². The minimum atomic E-state index is -0.172. The van der Waals surface area contributed by atoms with Gasteiger partial charge in [-0.05, 0) is 31.7 Å². The van der Waals surface area contributed by atoms with E-state index in [2.05, 4.69) is 44.8 Å². The van der Waals surface area contributed by atoms with Crippen molar-refractivity contribution in [3.63, 3.8) is 0 Å².